The van der Waals surface area contributed by atoms with Crippen molar-refractivity contribution in [3.8, 4) is 0 Å². The van der Waals surface area contributed by atoms with E-state index in [0.29, 0.717) is 0 Å². The van der Waals surface area contributed by atoms with Crippen molar-refractivity contribution in [2.24, 2.45) is 5.73 Å². The van der Waals surface area contributed by atoms with Gasteiger partial charge in [0.05, 0.1) is 0 Å². The second kappa shape index (κ2) is 5.60. The minimum absolute atomic E-state index is 0.154. The average Bonchev–Trinajstić information content (AvgIpc) is 2.32. The van der Waals surface area contributed by atoms with Gasteiger partial charge in [0.2, 0.25) is 0 Å². The molecule has 0 radical (unpaired) electrons. The Labute approximate surface area is 115 Å². The third-order valence-electron chi connectivity index (χ3n) is 3.86. The molecule has 2 nitrogen and oxygen atoms in total. The van der Waals surface area contributed by atoms with E-state index in [9.17, 15) is 0 Å². The van der Waals surface area contributed by atoms with Crippen LogP contribution in [-0.2, 0) is 12.1 Å². The highest BCUT2D eigenvalue weighted by atomic mass is 35.5. The number of hydrogen-bond acceptors (Lipinski definition) is 2. The summed E-state index contributed by atoms with van der Waals surface area (Å²) >= 11 is 6.37. The standard InChI is InChI=1S/C15H23ClN2/c1-18(2)11-12-6-7-13(10-14(12)16)15(17)8-4-3-5-9-15/h6-7,10H,3-5,8-9,11,17H2,1-2H3. The van der Waals surface area contributed by atoms with Crippen molar-refractivity contribution < 1.29 is 0 Å². The van der Waals surface area contributed by atoms with Crippen LogP contribution in [0.2, 0.25) is 5.02 Å². The van der Waals surface area contributed by atoms with E-state index in [-0.39, 0.29) is 5.54 Å². The number of rotatable bonds is 3. The minimum Gasteiger partial charge on any atom is -0.321 e. The summed E-state index contributed by atoms with van der Waals surface area (Å²) in [5.74, 6) is 0. The van der Waals surface area contributed by atoms with Crippen LogP contribution in [0.4, 0.5) is 0 Å². The second-order valence-electron chi connectivity index (χ2n) is 5.76. The van der Waals surface area contributed by atoms with E-state index in [1.54, 1.807) is 0 Å². The van der Waals surface area contributed by atoms with E-state index in [1.807, 2.05) is 0 Å². The highest BCUT2D eigenvalue weighted by molar-refractivity contribution is 6.31. The van der Waals surface area contributed by atoms with Gasteiger partial charge >= 0.3 is 0 Å². The number of halogens is 1. The van der Waals surface area contributed by atoms with Gasteiger partial charge in [0.1, 0.15) is 0 Å². The van der Waals surface area contributed by atoms with Crippen LogP contribution in [0.3, 0.4) is 0 Å². The molecule has 2 N–H and O–H groups in total. The first-order valence-electron chi connectivity index (χ1n) is 6.74. The van der Waals surface area contributed by atoms with Crippen LogP contribution in [0.5, 0.6) is 0 Å². The Morgan fingerprint density at radius 2 is 1.89 bits per heavy atom. The maximum atomic E-state index is 6.53. The predicted octanol–water partition coefficient (Wildman–Crippen LogP) is 3.52. The molecule has 1 aliphatic rings. The summed E-state index contributed by atoms with van der Waals surface area (Å²) in [6, 6.07) is 6.36. The molecule has 1 aliphatic carbocycles. The molecule has 2 rings (SSSR count). The van der Waals surface area contributed by atoms with Crippen molar-refractivity contribution in [2.75, 3.05) is 14.1 Å². The molecule has 0 bridgehead atoms. The molecule has 0 unspecified atom stereocenters. The quantitative estimate of drug-likeness (QED) is 0.907. The molecule has 1 aromatic rings. The van der Waals surface area contributed by atoms with Crippen molar-refractivity contribution in [1.29, 1.82) is 0 Å². The van der Waals surface area contributed by atoms with Gasteiger partial charge in [0.25, 0.3) is 0 Å². The zero-order valence-electron chi connectivity index (χ0n) is 11.4. The van der Waals surface area contributed by atoms with Crippen LogP contribution in [0, 0.1) is 0 Å². The van der Waals surface area contributed by atoms with Gasteiger partial charge in [-0.3, -0.25) is 0 Å². The molecule has 0 heterocycles. The van der Waals surface area contributed by atoms with Gasteiger partial charge in [0, 0.05) is 17.1 Å². The molecule has 1 fully saturated rings. The summed E-state index contributed by atoms with van der Waals surface area (Å²) in [5, 5.41) is 0.844. The molecule has 3 heteroatoms. The molecule has 18 heavy (non-hydrogen) atoms. The first-order valence-corrected chi connectivity index (χ1v) is 7.11. The van der Waals surface area contributed by atoms with Crippen molar-refractivity contribution >= 4 is 11.6 Å². The van der Waals surface area contributed by atoms with Gasteiger partial charge in [0.15, 0.2) is 0 Å². The summed E-state index contributed by atoms with van der Waals surface area (Å²) in [7, 11) is 4.10. The molecule has 0 saturated heterocycles. The molecule has 0 spiro atoms. The van der Waals surface area contributed by atoms with E-state index >= 15 is 0 Å². The van der Waals surface area contributed by atoms with E-state index in [1.165, 1.54) is 30.4 Å². The third kappa shape index (κ3) is 3.05. The summed E-state index contributed by atoms with van der Waals surface area (Å²) < 4.78 is 0. The maximum Gasteiger partial charge on any atom is 0.0454 e. The highest BCUT2D eigenvalue weighted by Crippen LogP contribution is 2.36. The number of benzene rings is 1. The SMILES string of the molecule is CN(C)Cc1ccc(C2(N)CCCCC2)cc1Cl. The maximum absolute atomic E-state index is 6.53. The average molecular weight is 267 g/mol. The minimum atomic E-state index is -0.154. The lowest BCUT2D eigenvalue weighted by molar-refractivity contribution is 0.302. The fourth-order valence-corrected chi connectivity index (χ4v) is 3.04. The Morgan fingerprint density at radius 1 is 1.22 bits per heavy atom. The normalized spacial score (nSPS) is 19.2. The molecule has 0 aromatic heterocycles. The van der Waals surface area contributed by atoms with E-state index < -0.39 is 0 Å². The number of hydrogen-bond donors (Lipinski definition) is 1. The second-order valence-corrected chi connectivity index (χ2v) is 6.17. The Morgan fingerprint density at radius 3 is 2.44 bits per heavy atom. The van der Waals surface area contributed by atoms with E-state index in [2.05, 4.69) is 37.2 Å². The van der Waals surface area contributed by atoms with Gasteiger partial charge in [-0.15, -0.1) is 0 Å². The van der Waals surface area contributed by atoms with Gasteiger partial charge in [-0.2, -0.15) is 0 Å². The van der Waals surface area contributed by atoms with Gasteiger partial charge in [-0.1, -0.05) is 43.0 Å². The third-order valence-corrected chi connectivity index (χ3v) is 4.21. The van der Waals surface area contributed by atoms with Crippen molar-refractivity contribution in [2.45, 2.75) is 44.2 Å². The predicted molar refractivity (Wildman–Crippen MR) is 77.8 cm³/mol. The lowest BCUT2D eigenvalue weighted by atomic mass is 9.77. The topological polar surface area (TPSA) is 29.3 Å². The van der Waals surface area contributed by atoms with Crippen LogP contribution >= 0.6 is 11.6 Å². The molecular formula is C15H23ClN2. The van der Waals surface area contributed by atoms with E-state index in [4.69, 9.17) is 17.3 Å². The fourth-order valence-electron chi connectivity index (χ4n) is 2.80. The number of nitrogens with two attached hydrogens (primary N) is 1. The zero-order chi connectivity index (χ0) is 13.2. The first kappa shape index (κ1) is 13.9. The van der Waals surface area contributed by atoms with Crippen molar-refractivity contribution in [3.05, 3.63) is 34.3 Å². The molecule has 0 aliphatic heterocycles. The Balaban J connectivity index is 2.22. The molecule has 0 atom stereocenters. The summed E-state index contributed by atoms with van der Waals surface area (Å²) in [6.07, 6.45) is 5.93. The van der Waals surface area contributed by atoms with Crippen LogP contribution < -0.4 is 5.73 Å². The van der Waals surface area contributed by atoms with Gasteiger partial charge in [-0.05, 0) is 44.1 Å². The lowest BCUT2D eigenvalue weighted by Gasteiger charge is -2.34. The first-order chi connectivity index (χ1) is 8.51. The van der Waals surface area contributed by atoms with Crippen LogP contribution in [-0.4, -0.2) is 19.0 Å². The fraction of sp³-hybridized carbons (Fsp3) is 0.600. The van der Waals surface area contributed by atoms with Crippen LogP contribution in [0.1, 0.15) is 43.2 Å². The number of nitrogens with zero attached hydrogens (tertiary/aromatic N) is 1. The van der Waals surface area contributed by atoms with Crippen LogP contribution in [0.15, 0.2) is 18.2 Å². The monoisotopic (exact) mass is 266 g/mol. The largest absolute Gasteiger partial charge is 0.321 e. The smallest absolute Gasteiger partial charge is 0.0454 e. The van der Waals surface area contributed by atoms with E-state index in [0.717, 1.165) is 24.4 Å². The summed E-state index contributed by atoms with van der Waals surface area (Å²) in [6.45, 7) is 0.872. The van der Waals surface area contributed by atoms with Gasteiger partial charge in [-0.25, -0.2) is 0 Å². The van der Waals surface area contributed by atoms with Crippen molar-refractivity contribution in [1.82, 2.24) is 4.90 Å². The summed E-state index contributed by atoms with van der Waals surface area (Å²) in [5.41, 5.74) is 8.75. The molecule has 1 saturated carbocycles. The molecule has 1 aromatic carbocycles. The Hall–Kier alpha value is -0.570. The van der Waals surface area contributed by atoms with Gasteiger partial charge < -0.3 is 10.6 Å². The lowest BCUT2D eigenvalue weighted by Crippen LogP contribution is -2.38. The summed E-state index contributed by atoms with van der Waals surface area (Å²) in [4.78, 5) is 2.12. The molecular weight excluding hydrogens is 244 g/mol. The molecule has 100 valence electrons. The zero-order valence-corrected chi connectivity index (χ0v) is 12.1. The Kier molecular flexibility index (Phi) is 4.31. The Bertz CT molecular complexity index is 409. The van der Waals surface area contributed by atoms with Crippen LogP contribution in [0.25, 0.3) is 0 Å². The highest BCUT2D eigenvalue weighted by Gasteiger charge is 2.29. The molecule has 0 amide bonds. The van der Waals surface area contributed by atoms with Crippen molar-refractivity contribution in [3.63, 3.8) is 0 Å².